The summed E-state index contributed by atoms with van der Waals surface area (Å²) in [5.74, 6) is 2.51. The summed E-state index contributed by atoms with van der Waals surface area (Å²) < 4.78 is 0. The van der Waals surface area contributed by atoms with Crippen LogP contribution in [0.2, 0.25) is 0 Å². The van der Waals surface area contributed by atoms with Crippen molar-refractivity contribution in [1.29, 1.82) is 0 Å². The number of likely N-dealkylation sites (tertiary alicyclic amines) is 1. The Morgan fingerprint density at radius 3 is 2.50 bits per heavy atom. The van der Waals surface area contributed by atoms with E-state index in [0.717, 1.165) is 13.1 Å². The fourth-order valence-corrected chi connectivity index (χ4v) is 0.976. The van der Waals surface area contributed by atoms with Crippen LogP contribution in [-0.4, -0.2) is 18.0 Å². The van der Waals surface area contributed by atoms with Gasteiger partial charge in [-0.15, -0.1) is 6.42 Å². The monoisotopic (exact) mass is 108 g/mol. The predicted octanol–water partition coefficient (Wildman–Crippen LogP) is 0.877. The maximum Gasteiger partial charge on any atom is 0.0983 e. The molecule has 8 heavy (non-hydrogen) atoms. The maximum absolute atomic E-state index is 5.06. The van der Waals surface area contributed by atoms with Gasteiger partial charge in [0.05, 0.1) is 6.54 Å². The molecule has 43 valence electrons. The SMILES string of the molecule is C#C[CH]N1CCCC1. The minimum atomic E-state index is 1.16. The van der Waals surface area contributed by atoms with E-state index in [0.29, 0.717) is 0 Å². The lowest BCUT2D eigenvalue weighted by Crippen LogP contribution is -2.13. The first kappa shape index (κ1) is 5.65. The van der Waals surface area contributed by atoms with Gasteiger partial charge in [0.15, 0.2) is 0 Å². The van der Waals surface area contributed by atoms with E-state index in [-0.39, 0.29) is 0 Å². The summed E-state index contributed by atoms with van der Waals surface area (Å²) in [7, 11) is 0. The number of hydrogen-bond acceptors (Lipinski definition) is 1. The van der Waals surface area contributed by atoms with Gasteiger partial charge in [-0.05, 0) is 25.9 Å². The fourth-order valence-electron chi connectivity index (χ4n) is 0.976. The van der Waals surface area contributed by atoms with Gasteiger partial charge in [-0.3, -0.25) is 4.90 Å². The number of hydrogen-bond donors (Lipinski definition) is 0. The molecule has 1 rings (SSSR count). The molecule has 0 amide bonds. The average Bonchev–Trinajstić information content (AvgIpc) is 2.19. The maximum atomic E-state index is 5.06. The molecule has 1 aliphatic heterocycles. The molecule has 1 heterocycles. The van der Waals surface area contributed by atoms with Crippen LogP contribution in [0, 0.1) is 18.9 Å². The van der Waals surface area contributed by atoms with Gasteiger partial charge in [0, 0.05) is 0 Å². The summed E-state index contributed by atoms with van der Waals surface area (Å²) >= 11 is 0. The van der Waals surface area contributed by atoms with E-state index < -0.39 is 0 Å². The third kappa shape index (κ3) is 1.24. The third-order valence-electron chi connectivity index (χ3n) is 1.40. The van der Waals surface area contributed by atoms with Crippen molar-refractivity contribution in [1.82, 2.24) is 4.90 Å². The molecule has 1 nitrogen and oxygen atoms in total. The highest BCUT2D eigenvalue weighted by molar-refractivity contribution is 5.00. The first-order valence-electron chi connectivity index (χ1n) is 2.97. The first-order chi connectivity index (χ1) is 3.93. The predicted molar refractivity (Wildman–Crippen MR) is 33.9 cm³/mol. The Morgan fingerprint density at radius 2 is 2.00 bits per heavy atom. The molecule has 0 saturated carbocycles. The Bertz CT molecular complexity index is 95.4. The van der Waals surface area contributed by atoms with Crippen molar-refractivity contribution in [2.75, 3.05) is 13.1 Å². The zero-order chi connectivity index (χ0) is 5.82. The van der Waals surface area contributed by atoms with E-state index in [2.05, 4.69) is 10.8 Å². The molecule has 0 aromatic carbocycles. The van der Waals surface area contributed by atoms with Crippen LogP contribution in [-0.2, 0) is 0 Å². The number of rotatable bonds is 1. The lowest BCUT2D eigenvalue weighted by molar-refractivity contribution is 0.437. The van der Waals surface area contributed by atoms with Gasteiger partial charge in [0.2, 0.25) is 0 Å². The van der Waals surface area contributed by atoms with Crippen LogP contribution < -0.4 is 0 Å². The van der Waals surface area contributed by atoms with E-state index in [1.807, 2.05) is 6.54 Å². The largest absolute Gasteiger partial charge is 0.288 e. The molecular formula is C7H10N. The van der Waals surface area contributed by atoms with Crippen LogP contribution in [0.25, 0.3) is 0 Å². The van der Waals surface area contributed by atoms with Gasteiger partial charge < -0.3 is 0 Å². The number of nitrogens with zero attached hydrogens (tertiary/aromatic N) is 1. The molecule has 0 N–H and O–H groups in total. The Hall–Kier alpha value is -0.480. The second-order valence-electron chi connectivity index (χ2n) is 2.04. The van der Waals surface area contributed by atoms with Crippen LogP contribution in [0.5, 0.6) is 0 Å². The van der Waals surface area contributed by atoms with Crippen molar-refractivity contribution >= 4 is 0 Å². The topological polar surface area (TPSA) is 3.24 Å². The quantitative estimate of drug-likeness (QED) is 0.451. The van der Waals surface area contributed by atoms with Gasteiger partial charge in [0.1, 0.15) is 0 Å². The summed E-state index contributed by atoms with van der Waals surface area (Å²) in [5.41, 5.74) is 0. The highest BCUT2D eigenvalue weighted by Crippen LogP contribution is 2.07. The lowest BCUT2D eigenvalue weighted by atomic mass is 10.4. The van der Waals surface area contributed by atoms with Gasteiger partial charge >= 0.3 is 0 Å². The molecular weight excluding hydrogens is 98.1 g/mol. The molecule has 0 aliphatic carbocycles. The van der Waals surface area contributed by atoms with Crippen molar-refractivity contribution in [3.05, 3.63) is 6.54 Å². The summed E-state index contributed by atoms with van der Waals surface area (Å²) in [4.78, 5) is 2.18. The lowest BCUT2D eigenvalue weighted by Gasteiger charge is -2.06. The Balaban J connectivity index is 2.17. The molecule has 1 fully saturated rings. The summed E-state index contributed by atoms with van der Waals surface area (Å²) in [6.45, 7) is 4.14. The Kier molecular flexibility index (Phi) is 1.93. The standard InChI is InChI=1S/C7H10N/c1-2-5-8-6-3-4-7-8/h1,5H,3-4,6-7H2. The Morgan fingerprint density at radius 1 is 1.38 bits per heavy atom. The van der Waals surface area contributed by atoms with E-state index in [9.17, 15) is 0 Å². The van der Waals surface area contributed by atoms with Crippen LogP contribution in [0.1, 0.15) is 12.8 Å². The third-order valence-corrected chi connectivity index (χ3v) is 1.40. The van der Waals surface area contributed by atoms with Crippen LogP contribution >= 0.6 is 0 Å². The van der Waals surface area contributed by atoms with Crippen molar-refractivity contribution in [3.8, 4) is 12.3 Å². The smallest absolute Gasteiger partial charge is 0.0983 e. The van der Waals surface area contributed by atoms with Crippen molar-refractivity contribution in [2.45, 2.75) is 12.8 Å². The van der Waals surface area contributed by atoms with Gasteiger partial charge in [-0.1, -0.05) is 5.92 Å². The van der Waals surface area contributed by atoms with Gasteiger partial charge in [0.25, 0.3) is 0 Å². The zero-order valence-electron chi connectivity index (χ0n) is 4.93. The zero-order valence-corrected chi connectivity index (χ0v) is 4.93. The fraction of sp³-hybridized carbons (Fsp3) is 0.571. The molecule has 0 spiro atoms. The average molecular weight is 108 g/mol. The van der Waals surface area contributed by atoms with Gasteiger partial charge in [-0.25, -0.2) is 0 Å². The second kappa shape index (κ2) is 2.74. The van der Waals surface area contributed by atoms with E-state index in [1.165, 1.54) is 12.8 Å². The summed E-state index contributed by atoms with van der Waals surface area (Å²) in [6.07, 6.45) is 7.67. The van der Waals surface area contributed by atoms with Crippen molar-refractivity contribution < 1.29 is 0 Å². The van der Waals surface area contributed by atoms with Crippen molar-refractivity contribution in [2.24, 2.45) is 0 Å². The molecule has 1 aliphatic rings. The molecule has 0 atom stereocenters. The minimum absolute atomic E-state index is 1.16. The molecule has 1 heteroatoms. The highest BCUT2D eigenvalue weighted by Gasteiger charge is 2.08. The van der Waals surface area contributed by atoms with Crippen LogP contribution in [0.3, 0.4) is 0 Å². The molecule has 0 aromatic rings. The first-order valence-corrected chi connectivity index (χ1v) is 2.97. The van der Waals surface area contributed by atoms with Gasteiger partial charge in [-0.2, -0.15) is 0 Å². The van der Waals surface area contributed by atoms with E-state index >= 15 is 0 Å². The van der Waals surface area contributed by atoms with E-state index in [4.69, 9.17) is 6.42 Å². The molecule has 0 aromatic heterocycles. The normalized spacial score (nSPS) is 20.9. The minimum Gasteiger partial charge on any atom is -0.288 e. The van der Waals surface area contributed by atoms with Crippen LogP contribution in [0.15, 0.2) is 0 Å². The number of terminal acetylenes is 1. The van der Waals surface area contributed by atoms with E-state index in [1.54, 1.807) is 0 Å². The van der Waals surface area contributed by atoms with Crippen molar-refractivity contribution in [3.63, 3.8) is 0 Å². The Labute approximate surface area is 50.7 Å². The highest BCUT2D eigenvalue weighted by atomic mass is 15.1. The van der Waals surface area contributed by atoms with Crippen LogP contribution in [0.4, 0.5) is 0 Å². The molecule has 1 saturated heterocycles. The second-order valence-corrected chi connectivity index (χ2v) is 2.04. The molecule has 0 unspecified atom stereocenters. The molecule has 1 radical (unpaired) electrons. The molecule has 0 bridgehead atoms. The summed E-state index contributed by atoms with van der Waals surface area (Å²) in [5, 5.41) is 0. The summed E-state index contributed by atoms with van der Waals surface area (Å²) in [6, 6.07) is 0.